The Bertz CT molecular complexity index is 1270. The Hall–Kier alpha value is -2.63. The summed E-state index contributed by atoms with van der Waals surface area (Å²) in [5, 5.41) is 8.58. The van der Waals surface area contributed by atoms with Crippen molar-refractivity contribution in [2.45, 2.75) is 49.2 Å². The maximum atomic E-state index is 13.3. The van der Waals surface area contributed by atoms with E-state index in [1.165, 1.54) is 10.7 Å². The SMILES string of the molecule is Cc1ccnc(NC(=O)[C@@H]2CCCN(S(=O)(=O)c3cc(-c4noc(C5CCC5)n4)cs3)C2)c1. The number of aromatic nitrogens is 3. The van der Waals surface area contributed by atoms with Crippen molar-refractivity contribution >= 4 is 33.1 Å². The van der Waals surface area contributed by atoms with Gasteiger partial charge in [-0.05, 0) is 56.4 Å². The Morgan fingerprint density at radius 3 is 2.85 bits per heavy atom. The fourth-order valence-electron chi connectivity index (χ4n) is 4.08. The van der Waals surface area contributed by atoms with Crippen LogP contribution in [0, 0.1) is 12.8 Å². The van der Waals surface area contributed by atoms with Gasteiger partial charge in [-0.15, -0.1) is 11.3 Å². The van der Waals surface area contributed by atoms with E-state index in [4.69, 9.17) is 4.52 Å². The molecule has 1 aliphatic heterocycles. The number of sulfonamides is 1. The van der Waals surface area contributed by atoms with Gasteiger partial charge in [0, 0.05) is 36.1 Å². The van der Waals surface area contributed by atoms with Crippen LogP contribution in [0.25, 0.3) is 11.4 Å². The molecule has 3 aromatic heterocycles. The van der Waals surface area contributed by atoms with Crippen molar-refractivity contribution < 1.29 is 17.7 Å². The summed E-state index contributed by atoms with van der Waals surface area (Å²) in [6.07, 6.45) is 6.15. The van der Waals surface area contributed by atoms with Crippen LogP contribution in [0.5, 0.6) is 0 Å². The predicted octanol–water partition coefficient (Wildman–Crippen LogP) is 3.81. The van der Waals surface area contributed by atoms with Crippen LogP contribution in [0.15, 0.2) is 38.5 Å². The summed E-state index contributed by atoms with van der Waals surface area (Å²) in [5.41, 5.74) is 1.62. The highest BCUT2D eigenvalue weighted by Crippen LogP contribution is 2.37. The zero-order chi connectivity index (χ0) is 23.0. The second kappa shape index (κ2) is 8.96. The summed E-state index contributed by atoms with van der Waals surface area (Å²) in [7, 11) is -3.73. The number of nitrogens with one attached hydrogen (secondary N) is 1. The second-order valence-electron chi connectivity index (χ2n) is 8.65. The standard InChI is InChI=1S/C22H25N5O4S2/c1-14-7-8-23-18(10-14)24-21(28)16-6-3-9-27(12-16)33(29,30)19-11-17(13-32-19)20-25-22(31-26-20)15-4-2-5-15/h7-8,10-11,13,15-16H,2-6,9,12H2,1H3,(H,23,24,28)/t16-/m1/s1. The number of carbonyl (C=O) groups is 1. The first-order valence-electron chi connectivity index (χ1n) is 11.1. The van der Waals surface area contributed by atoms with Crippen molar-refractivity contribution in [2.75, 3.05) is 18.4 Å². The largest absolute Gasteiger partial charge is 0.339 e. The first-order valence-corrected chi connectivity index (χ1v) is 13.4. The molecule has 1 atom stereocenters. The molecule has 0 spiro atoms. The van der Waals surface area contributed by atoms with Crippen molar-refractivity contribution in [2.24, 2.45) is 5.92 Å². The third-order valence-corrected chi connectivity index (χ3v) is 9.53. The molecule has 11 heteroatoms. The fourth-order valence-corrected chi connectivity index (χ4v) is 6.91. The molecule has 4 heterocycles. The van der Waals surface area contributed by atoms with E-state index in [0.29, 0.717) is 48.4 Å². The Balaban J connectivity index is 1.28. The normalized spacial score (nSPS) is 19.8. The van der Waals surface area contributed by atoms with Crippen LogP contribution in [-0.2, 0) is 14.8 Å². The number of piperidine rings is 1. The number of aryl methyl sites for hydroxylation is 1. The van der Waals surface area contributed by atoms with E-state index in [0.717, 1.165) is 29.7 Å². The molecule has 0 unspecified atom stereocenters. The number of carbonyl (C=O) groups excluding carboxylic acids is 1. The molecule has 2 fully saturated rings. The molecular formula is C22H25N5O4S2. The zero-order valence-electron chi connectivity index (χ0n) is 18.2. The number of anilines is 1. The summed E-state index contributed by atoms with van der Waals surface area (Å²) >= 11 is 1.13. The van der Waals surface area contributed by atoms with Crippen LogP contribution in [-0.4, -0.2) is 46.8 Å². The van der Waals surface area contributed by atoms with Crippen LogP contribution in [0.4, 0.5) is 5.82 Å². The number of thiophene rings is 1. The average Bonchev–Trinajstić information content (AvgIpc) is 3.43. The van der Waals surface area contributed by atoms with Gasteiger partial charge in [-0.3, -0.25) is 4.79 Å². The number of amides is 1. The molecule has 1 N–H and O–H groups in total. The van der Waals surface area contributed by atoms with Crippen molar-refractivity contribution in [1.82, 2.24) is 19.4 Å². The lowest BCUT2D eigenvalue weighted by Gasteiger charge is -2.30. The van der Waals surface area contributed by atoms with Gasteiger partial charge in [0.1, 0.15) is 10.0 Å². The van der Waals surface area contributed by atoms with Crippen molar-refractivity contribution in [3.8, 4) is 11.4 Å². The van der Waals surface area contributed by atoms with Gasteiger partial charge in [0.2, 0.25) is 17.6 Å². The van der Waals surface area contributed by atoms with Gasteiger partial charge in [-0.2, -0.15) is 9.29 Å². The molecule has 33 heavy (non-hydrogen) atoms. The molecule has 9 nitrogen and oxygen atoms in total. The van der Waals surface area contributed by atoms with Crippen LogP contribution in [0.2, 0.25) is 0 Å². The lowest BCUT2D eigenvalue weighted by atomic mass is 9.85. The molecule has 1 amide bonds. The number of hydrogen-bond acceptors (Lipinski definition) is 8. The first kappa shape index (κ1) is 22.2. The van der Waals surface area contributed by atoms with Gasteiger partial charge in [0.05, 0.1) is 5.92 Å². The summed E-state index contributed by atoms with van der Waals surface area (Å²) in [6, 6.07) is 5.23. The second-order valence-corrected chi connectivity index (χ2v) is 11.7. The number of rotatable bonds is 6. The molecule has 5 rings (SSSR count). The number of hydrogen-bond donors (Lipinski definition) is 1. The molecule has 3 aromatic rings. The van der Waals surface area contributed by atoms with Crippen LogP contribution in [0.1, 0.15) is 49.5 Å². The highest BCUT2D eigenvalue weighted by atomic mass is 32.2. The lowest BCUT2D eigenvalue weighted by Crippen LogP contribution is -2.43. The van der Waals surface area contributed by atoms with Gasteiger partial charge >= 0.3 is 0 Å². The van der Waals surface area contributed by atoms with Crippen molar-refractivity contribution in [1.29, 1.82) is 0 Å². The van der Waals surface area contributed by atoms with E-state index in [2.05, 4.69) is 20.4 Å². The molecule has 1 saturated heterocycles. The molecule has 174 valence electrons. The number of pyridine rings is 1. The monoisotopic (exact) mass is 487 g/mol. The molecule has 1 saturated carbocycles. The predicted molar refractivity (Wildman–Crippen MR) is 123 cm³/mol. The van der Waals surface area contributed by atoms with E-state index in [9.17, 15) is 13.2 Å². The number of nitrogens with zero attached hydrogens (tertiary/aromatic N) is 4. The minimum absolute atomic E-state index is 0.140. The van der Waals surface area contributed by atoms with Gasteiger partial charge in [-0.1, -0.05) is 11.6 Å². The van der Waals surface area contributed by atoms with E-state index >= 15 is 0 Å². The van der Waals surface area contributed by atoms with E-state index in [1.807, 2.05) is 13.0 Å². The first-order chi connectivity index (χ1) is 15.9. The van der Waals surface area contributed by atoms with Crippen LogP contribution >= 0.6 is 11.3 Å². The van der Waals surface area contributed by atoms with Crippen LogP contribution < -0.4 is 5.32 Å². The molecule has 0 aromatic carbocycles. The summed E-state index contributed by atoms with van der Waals surface area (Å²) in [6.45, 7) is 2.45. The highest BCUT2D eigenvalue weighted by Gasteiger charge is 2.34. The zero-order valence-corrected chi connectivity index (χ0v) is 19.9. The topological polar surface area (TPSA) is 118 Å². The molecular weight excluding hydrogens is 462 g/mol. The van der Waals surface area contributed by atoms with E-state index in [-0.39, 0.29) is 16.7 Å². The van der Waals surface area contributed by atoms with E-state index in [1.54, 1.807) is 23.7 Å². The van der Waals surface area contributed by atoms with Gasteiger partial charge < -0.3 is 9.84 Å². The third-order valence-electron chi connectivity index (χ3n) is 6.25. The summed E-state index contributed by atoms with van der Waals surface area (Å²) in [4.78, 5) is 21.4. The Morgan fingerprint density at radius 2 is 2.09 bits per heavy atom. The average molecular weight is 488 g/mol. The van der Waals surface area contributed by atoms with Gasteiger partial charge in [0.25, 0.3) is 10.0 Å². The minimum atomic E-state index is -3.73. The Morgan fingerprint density at radius 1 is 1.24 bits per heavy atom. The Labute approximate surface area is 196 Å². The highest BCUT2D eigenvalue weighted by molar-refractivity contribution is 7.91. The molecule has 2 aliphatic rings. The van der Waals surface area contributed by atoms with Crippen molar-refractivity contribution in [3.05, 3.63) is 41.2 Å². The van der Waals surface area contributed by atoms with E-state index < -0.39 is 15.9 Å². The molecule has 0 bridgehead atoms. The Kier molecular flexibility index (Phi) is 6.02. The summed E-state index contributed by atoms with van der Waals surface area (Å²) < 4.78 is 33.6. The smallest absolute Gasteiger partial charge is 0.252 e. The van der Waals surface area contributed by atoms with Gasteiger partial charge in [0.15, 0.2) is 0 Å². The fraction of sp³-hybridized carbons (Fsp3) is 0.455. The van der Waals surface area contributed by atoms with Crippen LogP contribution in [0.3, 0.4) is 0 Å². The lowest BCUT2D eigenvalue weighted by molar-refractivity contribution is -0.120. The summed E-state index contributed by atoms with van der Waals surface area (Å²) in [5.74, 6) is 1.19. The maximum Gasteiger partial charge on any atom is 0.252 e. The quantitative estimate of drug-likeness (QED) is 0.562. The molecule has 0 radical (unpaired) electrons. The maximum absolute atomic E-state index is 13.3. The minimum Gasteiger partial charge on any atom is -0.339 e. The molecule has 1 aliphatic carbocycles. The van der Waals surface area contributed by atoms with Gasteiger partial charge in [-0.25, -0.2) is 13.4 Å². The third kappa shape index (κ3) is 4.57. The van der Waals surface area contributed by atoms with Crippen molar-refractivity contribution in [3.63, 3.8) is 0 Å².